The molecule has 3 heterocycles. The first kappa shape index (κ1) is 60.6. The van der Waals surface area contributed by atoms with E-state index in [1.807, 2.05) is 48.5 Å². The maximum absolute atomic E-state index is 15.1. The maximum atomic E-state index is 15.1. The number of aliphatic hydroxyl groups excluding tert-OH is 8. The average Bonchev–Trinajstić information content (AvgIpc) is 4.22. The van der Waals surface area contributed by atoms with E-state index in [0.717, 1.165) is 43.9 Å². The molecule has 0 saturated carbocycles. The van der Waals surface area contributed by atoms with Gasteiger partial charge < -0.3 is 97.1 Å². The summed E-state index contributed by atoms with van der Waals surface area (Å²) < 4.78 is 11.1. The molecule has 80 heavy (non-hydrogen) atoms. The zero-order chi connectivity index (χ0) is 58.3. The van der Waals surface area contributed by atoms with E-state index in [0.29, 0.717) is 0 Å². The molecule has 1 aliphatic carbocycles. The number of ether oxygens (including phenoxy) is 2. The number of aromatic hydroxyl groups is 1. The molecule has 0 aromatic heterocycles. The molecular weight excluding hydrogens is 1050 g/mol. The second kappa shape index (κ2) is 26.5. The van der Waals surface area contributed by atoms with Crippen LogP contribution >= 0.6 is 0 Å². The van der Waals surface area contributed by atoms with Crippen molar-refractivity contribution in [3.63, 3.8) is 0 Å². The smallest absolute Gasteiger partial charge is 0.410 e. The van der Waals surface area contributed by atoms with Crippen molar-refractivity contribution in [1.82, 2.24) is 36.0 Å². The lowest BCUT2D eigenvalue weighted by molar-refractivity contribution is -0.147. The standard InChI is InChI=1S/C54H72N8O18/c1-26-21-62-46(47(26)71)51(75)56-20-30(66)18-37(55)48(72)57-43(27(2)65)52(76)61-22-31(67)19-38(61)49(73)58-44(41(70)16-28-12-13-39(68)42(17-28)79-3)50(74)59-45(53(62)77)40(69)14-15-60(29(23-63)24-64)54(78)80-25-36-34-10-6-4-8-32(34)33-9-5-7-11-35(33)36/h4-13,17,26-27,29-31,36-38,40-41,43-47,63-71H,14-16,18-25,55H2,1-3H3,(H,56,75)(H,57,72)(H,58,73)(H,59,74)/t26-,27+,30+,31+,37-,38-,40+,41+,43-,44-,45-,46-,47-/m0/s1. The van der Waals surface area contributed by atoms with Gasteiger partial charge in [0.05, 0.1) is 69.0 Å². The van der Waals surface area contributed by atoms with Crippen LogP contribution in [0.4, 0.5) is 4.79 Å². The number of phenolic OH excluding ortho intramolecular Hbond substituents is 1. The van der Waals surface area contributed by atoms with E-state index in [1.165, 1.54) is 32.2 Å². The third-order valence-corrected chi connectivity index (χ3v) is 15.3. The van der Waals surface area contributed by atoms with Gasteiger partial charge in [-0.25, -0.2) is 4.79 Å². The van der Waals surface area contributed by atoms with Crippen LogP contribution in [0.5, 0.6) is 11.5 Å². The zero-order valence-corrected chi connectivity index (χ0v) is 44.4. The maximum Gasteiger partial charge on any atom is 0.410 e. The van der Waals surface area contributed by atoms with Crippen LogP contribution in [-0.4, -0.2) is 234 Å². The monoisotopic (exact) mass is 1120 g/mol. The lowest BCUT2D eigenvalue weighted by atomic mass is 9.98. The highest BCUT2D eigenvalue weighted by atomic mass is 16.6. The Kier molecular flexibility index (Phi) is 20.1. The molecule has 0 spiro atoms. The van der Waals surface area contributed by atoms with Gasteiger partial charge in [-0.2, -0.15) is 0 Å². The van der Waals surface area contributed by atoms with Crippen molar-refractivity contribution in [2.75, 3.05) is 53.1 Å². The molecule has 26 nitrogen and oxygen atoms in total. The number of rotatable bonds is 14. The van der Waals surface area contributed by atoms with Crippen molar-refractivity contribution in [3.8, 4) is 22.6 Å². The first-order valence-corrected chi connectivity index (χ1v) is 26.4. The highest BCUT2D eigenvalue weighted by Crippen LogP contribution is 2.44. The Hall–Kier alpha value is -7.01. The second-order valence-electron chi connectivity index (χ2n) is 20.9. The number of methoxy groups -OCH3 is 1. The van der Waals surface area contributed by atoms with Crippen LogP contribution in [0.3, 0.4) is 0 Å². The van der Waals surface area contributed by atoms with Crippen molar-refractivity contribution in [2.24, 2.45) is 11.7 Å². The molecule has 436 valence electrons. The Morgan fingerprint density at radius 2 is 1.38 bits per heavy atom. The number of nitrogens with zero attached hydrogens (tertiary/aromatic N) is 3. The minimum Gasteiger partial charge on any atom is -0.504 e. The third-order valence-electron chi connectivity index (χ3n) is 15.3. The number of nitrogens with two attached hydrogens (primary N) is 1. The van der Waals surface area contributed by atoms with Gasteiger partial charge in [0.2, 0.25) is 35.4 Å². The Labute approximate surface area is 460 Å². The normalized spacial score (nSPS) is 27.3. The second-order valence-corrected chi connectivity index (χ2v) is 20.9. The van der Waals surface area contributed by atoms with Crippen LogP contribution in [0, 0.1) is 5.92 Å². The first-order chi connectivity index (χ1) is 38.1. The number of aliphatic hydroxyl groups is 8. The number of hydrogen-bond acceptors (Lipinski definition) is 19. The molecular formula is C54H72N8O18. The van der Waals surface area contributed by atoms with Crippen molar-refractivity contribution >= 4 is 41.5 Å². The summed E-state index contributed by atoms with van der Waals surface area (Å²) in [4.78, 5) is 103. The van der Waals surface area contributed by atoms with Gasteiger partial charge in [0.25, 0.3) is 0 Å². The number of benzene rings is 3. The molecule has 3 fully saturated rings. The molecule has 7 rings (SSSR count). The number of fused-ring (bicyclic) bond motifs is 5. The number of amides is 7. The number of phenols is 1. The van der Waals surface area contributed by atoms with Crippen LogP contribution in [0.15, 0.2) is 66.7 Å². The summed E-state index contributed by atoms with van der Waals surface area (Å²) in [6, 6.07) is 6.69. The summed E-state index contributed by atoms with van der Waals surface area (Å²) in [6.07, 6.45) is -13.3. The predicted molar refractivity (Wildman–Crippen MR) is 281 cm³/mol. The lowest BCUT2D eigenvalue weighted by Crippen LogP contribution is -2.64. The van der Waals surface area contributed by atoms with Gasteiger partial charge in [0, 0.05) is 50.9 Å². The summed E-state index contributed by atoms with van der Waals surface area (Å²) in [5.74, 6) is -8.42. The van der Waals surface area contributed by atoms with Gasteiger partial charge in [-0.3, -0.25) is 28.8 Å². The molecule has 3 saturated heterocycles. The predicted octanol–water partition coefficient (Wildman–Crippen LogP) is -4.13. The first-order valence-electron chi connectivity index (χ1n) is 26.4. The molecule has 0 unspecified atom stereocenters. The average molecular weight is 1120 g/mol. The van der Waals surface area contributed by atoms with Gasteiger partial charge in [0.1, 0.15) is 36.8 Å². The van der Waals surface area contributed by atoms with E-state index in [4.69, 9.17) is 15.2 Å². The Morgan fingerprint density at radius 1 is 0.762 bits per heavy atom. The molecule has 15 N–H and O–H groups in total. The van der Waals surface area contributed by atoms with Crippen LogP contribution in [0.1, 0.15) is 55.7 Å². The van der Waals surface area contributed by atoms with Gasteiger partial charge in [-0.05, 0) is 59.7 Å². The quantitative estimate of drug-likeness (QED) is 0.0729. The Morgan fingerprint density at radius 3 is 2.00 bits per heavy atom. The molecule has 13 atom stereocenters. The molecule has 4 aliphatic rings. The van der Waals surface area contributed by atoms with E-state index < -0.39 is 191 Å². The van der Waals surface area contributed by atoms with E-state index in [2.05, 4.69) is 21.3 Å². The molecule has 3 aromatic carbocycles. The number of hydrogen-bond donors (Lipinski definition) is 14. The fraction of sp³-hybridized carbons (Fsp3) is 0.537. The summed E-state index contributed by atoms with van der Waals surface area (Å²) in [5.41, 5.74) is 9.99. The fourth-order valence-electron chi connectivity index (χ4n) is 10.8. The summed E-state index contributed by atoms with van der Waals surface area (Å²) in [6.45, 7) is -1.16. The molecule has 3 aromatic rings. The van der Waals surface area contributed by atoms with E-state index in [1.54, 1.807) is 0 Å². The molecule has 0 bridgehead atoms. The molecule has 26 heteroatoms. The summed E-state index contributed by atoms with van der Waals surface area (Å²) in [5, 5.41) is 109. The highest BCUT2D eigenvalue weighted by Gasteiger charge is 2.50. The van der Waals surface area contributed by atoms with Crippen LogP contribution in [0.2, 0.25) is 0 Å². The SMILES string of the molecule is COc1cc(C[C@@H](O)[C@@H]2NC(=O)[C@@H]3C[C@@H](O)CN3C(=O)[C@H]([C@@H](C)O)NC(=O)[C@@H](N)C[C@@H](O)CNC(=O)[C@@H]3[C@@H](O)[C@@H](C)CN3C(=O)[C@H]([C@H](O)CCN(C(=O)OCC3c4ccccc4-c4ccccc43)C(CO)CO)NC2=O)ccc1O. The van der Waals surface area contributed by atoms with Crippen LogP contribution < -0.4 is 31.7 Å². The van der Waals surface area contributed by atoms with E-state index >= 15 is 4.79 Å². The number of nitrogens with one attached hydrogen (secondary N) is 4. The van der Waals surface area contributed by atoms with Crippen molar-refractivity contribution in [2.45, 2.75) is 124 Å². The summed E-state index contributed by atoms with van der Waals surface area (Å²) in [7, 11) is 1.26. The van der Waals surface area contributed by atoms with Crippen molar-refractivity contribution in [3.05, 3.63) is 83.4 Å². The highest BCUT2D eigenvalue weighted by molar-refractivity contribution is 5.98. The topological polar surface area (TPSA) is 404 Å². The fourth-order valence-corrected chi connectivity index (χ4v) is 10.8. The van der Waals surface area contributed by atoms with Gasteiger partial charge in [-0.1, -0.05) is 61.5 Å². The Bertz CT molecular complexity index is 2690. The molecule has 7 amide bonds. The number of carbonyl (C=O) groups is 7. The number of β-amino-alcohol motifs (C(OH)–C–C–N with tert-alkyl or cyclic N) is 1. The van der Waals surface area contributed by atoms with Crippen molar-refractivity contribution in [1.29, 1.82) is 0 Å². The van der Waals surface area contributed by atoms with Gasteiger partial charge in [-0.15, -0.1) is 0 Å². The van der Waals surface area contributed by atoms with E-state index in [-0.39, 0.29) is 30.2 Å². The van der Waals surface area contributed by atoms with Gasteiger partial charge in [0.15, 0.2) is 11.5 Å². The Balaban J connectivity index is 1.24. The van der Waals surface area contributed by atoms with E-state index in [9.17, 15) is 74.7 Å². The van der Waals surface area contributed by atoms with Crippen molar-refractivity contribution < 1.29 is 89.0 Å². The molecule has 3 aliphatic heterocycles. The lowest BCUT2D eigenvalue weighted by Gasteiger charge is -2.35. The largest absolute Gasteiger partial charge is 0.504 e. The minimum atomic E-state index is -2.16. The summed E-state index contributed by atoms with van der Waals surface area (Å²) >= 11 is 0. The van der Waals surface area contributed by atoms with Crippen LogP contribution in [0.25, 0.3) is 11.1 Å². The third kappa shape index (κ3) is 13.4. The minimum absolute atomic E-state index is 0.0365. The number of carbonyl (C=O) groups excluding carboxylic acids is 7. The van der Waals surface area contributed by atoms with Crippen LogP contribution in [-0.2, 0) is 39.9 Å². The molecule has 0 radical (unpaired) electrons. The zero-order valence-electron chi connectivity index (χ0n) is 44.4. The van der Waals surface area contributed by atoms with Gasteiger partial charge >= 0.3 is 6.09 Å².